The number of rotatable bonds is 5. The van der Waals surface area contributed by atoms with Gasteiger partial charge in [0.1, 0.15) is 0 Å². The van der Waals surface area contributed by atoms with Crippen molar-refractivity contribution in [2.24, 2.45) is 0 Å². The first-order valence-electron chi connectivity index (χ1n) is 7.61. The number of hydrogen-bond acceptors (Lipinski definition) is 5. The van der Waals surface area contributed by atoms with Crippen LogP contribution >= 0.6 is 0 Å². The fourth-order valence-electron chi connectivity index (χ4n) is 2.41. The molecule has 3 aromatic heterocycles. The Morgan fingerprint density at radius 3 is 2.57 bits per heavy atom. The molecule has 0 aliphatic carbocycles. The van der Waals surface area contributed by atoms with Gasteiger partial charge in [-0.2, -0.15) is 0 Å². The maximum atomic E-state index is 4.62. The summed E-state index contributed by atoms with van der Waals surface area (Å²) in [6.07, 6.45) is 7.20. The summed E-state index contributed by atoms with van der Waals surface area (Å²) >= 11 is 0. The monoisotopic (exact) mass is 305 g/mol. The molecule has 0 aromatic carbocycles. The number of aromatic nitrogens is 4. The number of pyridine rings is 2. The Labute approximate surface area is 135 Å². The first kappa shape index (κ1) is 15.2. The van der Waals surface area contributed by atoms with Crippen LogP contribution in [-0.4, -0.2) is 19.9 Å². The molecule has 3 aromatic rings. The van der Waals surface area contributed by atoms with Crippen LogP contribution in [-0.2, 0) is 6.54 Å². The van der Waals surface area contributed by atoms with Crippen LogP contribution in [0.3, 0.4) is 0 Å². The largest absolute Gasteiger partial charge is 0.304 e. The van der Waals surface area contributed by atoms with Crippen LogP contribution in [0.1, 0.15) is 29.9 Å². The zero-order chi connectivity index (χ0) is 16.1. The van der Waals surface area contributed by atoms with Gasteiger partial charge in [-0.15, -0.1) is 0 Å². The van der Waals surface area contributed by atoms with E-state index in [0.717, 1.165) is 28.3 Å². The highest BCUT2D eigenvalue weighted by Crippen LogP contribution is 2.19. The molecule has 23 heavy (non-hydrogen) atoms. The lowest BCUT2D eigenvalue weighted by Crippen LogP contribution is -2.20. The molecule has 0 saturated carbocycles. The van der Waals surface area contributed by atoms with E-state index in [1.54, 1.807) is 18.6 Å². The molecule has 0 aliphatic heterocycles. The predicted molar refractivity (Wildman–Crippen MR) is 89.5 cm³/mol. The van der Waals surface area contributed by atoms with Crippen molar-refractivity contribution in [2.75, 3.05) is 0 Å². The molecule has 0 bridgehead atoms. The lowest BCUT2D eigenvalue weighted by molar-refractivity contribution is 0.561. The van der Waals surface area contributed by atoms with Gasteiger partial charge in [-0.05, 0) is 38.1 Å². The highest BCUT2D eigenvalue weighted by molar-refractivity contribution is 5.53. The lowest BCUT2D eigenvalue weighted by atomic mass is 10.1. The smallest absolute Gasteiger partial charge is 0.159 e. The Kier molecular flexibility index (Phi) is 4.68. The zero-order valence-corrected chi connectivity index (χ0v) is 13.3. The molecule has 0 spiro atoms. The van der Waals surface area contributed by atoms with E-state index in [-0.39, 0.29) is 6.04 Å². The summed E-state index contributed by atoms with van der Waals surface area (Å²) in [6.45, 7) is 4.84. The van der Waals surface area contributed by atoms with Crippen molar-refractivity contribution < 1.29 is 0 Å². The van der Waals surface area contributed by atoms with Crippen molar-refractivity contribution in [3.63, 3.8) is 0 Å². The van der Waals surface area contributed by atoms with Crippen LogP contribution in [0.4, 0.5) is 0 Å². The van der Waals surface area contributed by atoms with Gasteiger partial charge in [0.25, 0.3) is 0 Å². The van der Waals surface area contributed by atoms with Crippen LogP contribution in [0.5, 0.6) is 0 Å². The average molecular weight is 305 g/mol. The molecule has 0 aliphatic rings. The second-order valence-corrected chi connectivity index (χ2v) is 5.39. The highest BCUT2D eigenvalue weighted by Gasteiger charge is 2.11. The molecule has 0 radical (unpaired) electrons. The summed E-state index contributed by atoms with van der Waals surface area (Å²) < 4.78 is 0. The SMILES string of the molecule is Cc1nc(-c2ccncc2)ncc1C(C)NCc1ccccn1. The second kappa shape index (κ2) is 7.07. The van der Waals surface area contributed by atoms with Crippen molar-refractivity contribution >= 4 is 0 Å². The zero-order valence-electron chi connectivity index (χ0n) is 13.3. The van der Waals surface area contributed by atoms with Gasteiger partial charge in [-0.1, -0.05) is 6.07 Å². The van der Waals surface area contributed by atoms with Crippen molar-refractivity contribution in [3.8, 4) is 11.4 Å². The van der Waals surface area contributed by atoms with Gasteiger partial charge in [0, 0.05) is 54.2 Å². The maximum absolute atomic E-state index is 4.62. The molecule has 0 amide bonds. The molecule has 1 N–H and O–H groups in total. The Bertz CT molecular complexity index is 759. The third-order valence-corrected chi connectivity index (χ3v) is 3.74. The molecule has 116 valence electrons. The van der Waals surface area contributed by atoms with Gasteiger partial charge in [0.15, 0.2) is 5.82 Å². The molecule has 1 atom stereocenters. The lowest BCUT2D eigenvalue weighted by Gasteiger charge is -2.16. The van der Waals surface area contributed by atoms with E-state index >= 15 is 0 Å². The van der Waals surface area contributed by atoms with Crippen molar-refractivity contribution in [1.29, 1.82) is 0 Å². The molecule has 5 nitrogen and oxygen atoms in total. The second-order valence-electron chi connectivity index (χ2n) is 5.39. The Morgan fingerprint density at radius 2 is 1.87 bits per heavy atom. The highest BCUT2D eigenvalue weighted by atomic mass is 14.9. The molecule has 3 heterocycles. The van der Waals surface area contributed by atoms with Crippen molar-refractivity contribution in [1.82, 2.24) is 25.3 Å². The van der Waals surface area contributed by atoms with Gasteiger partial charge >= 0.3 is 0 Å². The van der Waals surface area contributed by atoms with Crippen molar-refractivity contribution in [3.05, 3.63) is 72.1 Å². The van der Waals surface area contributed by atoms with Gasteiger partial charge in [-0.25, -0.2) is 9.97 Å². The molecule has 0 fully saturated rings. The molecule has 0 saturated heterocycles. The summed E-state index contributed by atoms with van der Waals surface area (Å²) in [7, 11) is 0. The number of nitrogens with zero attached hydrogens (tertiary/aromatic N) is 4. The minimum atomic E-state index is 0.156. The van der Waals surface area contributed by atoms with E-state index < -0.39 is 0 Å². The standard InChI is InChI=1S/C18H19N5/c1-13(21-11-16-5-3-4-8-20-16)17-12-22-18(23-14(17)2)15-6-9-19-10-7-15/h3-10,12-13,21H,11H2,1-2H3. The first-order valence-corrected chi connectivity index (χ1v) is 7.61. The molecule has 1 unspecified atom stereocenters. The predicted octanol–water partition coefficient (Wildman–Crippen LogP) is 3.09. The van der Waals surface area contributed by atoms with Crippen LogP contribution in [0.25, 0.3) is 11.4 Å². The van der Waals surface area contributed by atoms with Crippen LogP contribution in [0.2, 0.25) is 0 Å². The number of hydrogen-bond donors (Lipinski definition) is 1. The number of nitrogens with one attached hydrogen (secondary N) is 1. The molecular formula is C18H19N5. The Balaban J connectivity index is 1.73. The normalized spacial score (nSPS) is 12.1. The van der Waals surface area contributed by atoms with Crippen LogP contribution < -0.4 is 5.32 Å². The summed E-state index contributed by atoms with van der Waals surface area (Å²) in [4.78, 5) is 17.5. The van der Waals surface area contributed by atoms with E-state index in [1.807, 2.05) is 43.5 Å². The van der Waals surface area contributed by atoms with Gasteiger partial charge in [0.05, 0.1) is 5.69 Å². The summed E-state index contributed by atoms with van der Waals surface area (Å²) in [5.41, 5.74) is 4.07. The minimum absolute atomic E-state index is 0.156. The third kappa shape index (κ3) is 3.76. The Morgan fingerprint density at radius 1 is 1.04 bits per heavy atom. The quantitative estimate of drug-likeness (QED) is 0.784. The summed E-state index contributed by atoms with van der Waals surface area (Å²) in [5.74, 6) is 0.727. The van der Waals surface area contributed by atoms with E-state index in [0.29, 0.717) is 6.54 Å². The van der Waals surface area contributed by atoms with Gasteiger partial charge < -0.3 is 5.32 Å². The first-order chi connectivity index (χ1) is 11.2. The van der Waals surface area contributed by atoms with Crippen molar-refractivity contribution in [2.45, 2.75) is 26.4 Å². The van der Waals surface area contributed by atoms with E-state index in [9.17, 15) is 0 Å². The minimum Gasteiger partial charge on any atom is -0.304 e. The third-order valence-electron chi connectivity index (χ3n) is 3.74. The molecular weight excluding hydrogens is 286 g/mol. The van der Waals surface area contributed by atoms with E-state index in [2.05, 4.69) is 32.2 Å². The summed E-state index contributed by atoms with van der Waals surface area (Å²) in [5, 5.41) is 3.46. The van der Waals surface area contributed by atoms with Gasteiger partial charge in [-0.3, -0.25) is 9.97 Å². The van der Waals surface area contributed by atoms with Crippen LogP contribution in [0, 0.1) is 6.92 Å². The fourth-order valence-corrected chi connectivity index (χ4v) is 2.41. The van der Waals surface area contributed by atoms with Gasteiger partial charge in [0.2, 0.25) is 0 Å². The molecule has 3 rings (SSSR count). The fraction of sp³-hybridized carbons (Fsp3) is 0.222. The number of aryl methyl sites for hydroxylation is 1. The summed E-state index contributed by atoms with van der Waals surface area (Å²) in [6, 6.07) is 9.91. The average Bonchev–Trinajstić information content (AvgIpc) is 2.61. The molecule has 5 heteroatoms. The maximum Gasteiger partial charge on any atom is 0.159 e. The van der Waals surface area contributed by atoms with E-state index in [4.69, 9.17) is 0 Å². The topological polar surface area (TPSA) is 63.6 Å². The van der Waals surface area contributed by atoms with Crippen LogP contribution in [0.15, 0.2) is 55.1 Å². The van der Waals surface area contributed by atoms with E-state index in [1.165, 1.54) is 0 Å². The Hall–Kier alpha value is -2.66.